The molecule has 0 radical (unpaired) electrons. The van der Waals surface area contributed by atoms with Crippen LogP contribution >= 0.6 is 0 Å². The number of nitrogens with two attached hydrogens (primary N) is 1. The first-order chi connectivity index (χ1) is 8.59. The minimum Gasteiger partial charge on any atom is -0.379 e. The summed E-state index contributed by atoms with van der Waals surface area (Å²) in [6, 6.07) is 0.877. The molecule has 2 rings (SSSR count). The molecule has 18 heavy (non-hydrogen) atoms. The molecule has 5 heteroatoms. The number of primary amides is 1. The first-order valence-corrected chi connectivity index (χ1v) is 6.91. The van der Waals surface area contributed by atoms with Gasteiger partial charge < -0.3 is 15.8 Å². The molecule has 2 aliphatic rings. The van der Waals surface area contributed by atoms with Gasteiger partial charge in [-0.25, -0.2) is 0 Å². The van der Waals surface area contributed by atoms with Gasteiger partial charge in [0.1, 0.15) is 0 Å². The molecular weight excluding hydrogens is 230 g/mol. The molecule has 2 fully saturated rings. The van der Waals surface area contributed by atoms with Crippen LogP contribution in [0.3, 0.4) is 0 Å². The highest BCUT2D eigenvalue weighted by molar-refractivity contribution is 5.84. The molecule has 0 aromatic heterocycles. The number of morpholine rings is 1. The zero-order valence-corrected chi connectivity index (χ0v) is 11.4. The smallest absolute Gasteiger partial charge is 0.237 e. The number of carbonyl (C=O) groups is 1. The molecule has 1 aliphatic heterocycles. The molecular formula is C13H25N3O2. The Labute approximate surface area is 109 Å². The number of nitrogens with zero attached hydrogens (tertiary/aromatic N) is 1. The summed E-state index contributed by atoms with van der Waals surface area (Å²) in [5, 5.41) is 3.17. The van der Waals surface area contributed by atoms with Crippen LogP contribution in [0.15, 0.2) is 0 Å². The van der Waals surface area contributed by atoms with Gasteiger partial charge in [-0.2, -0.15) is 0 Å². The number of rotatable bonds is 3. The molecule has 1 aliphatic carbocycles. The molecule has 3 N–H and O–H groups in total. The summed E-state index contributed by atoms with van der Waals surface area (Å²) >= 11 is 0. The van der Waals surface area contributed by atoms with E-state index in [1.807, 2.05) is 7.05 Å². The second kappa shape index (κ2) is 5.55. The van der Waals surface area contributed by atoms with Gasteiger partial charge in [0.25, 0.3) is 0 Å². The van der Waals surface area contributed by atoms with Gasteiger partial charge in [0.05, 0.1) is 18.8 Å². The highest BCUT2D eigenvalue weighted by Crippen LogP contribution is 2.32. The van der Waals surface area contributed by atoms with Crippen LogP contribution in [0.25, 0.3) is 0 Å². The zero-order chi connectivity index (χ0) is 13.2. The molecule has 1 saturated heterocycles. The fraction of sp³-hybridized carbons (Fsp3) is 0.923. The third-order valence-electron chi connectivity index (χ3n) is 4.56. The molecule has 0 spiro atoms. The summed E-state index contributed by atoms with van der Waals surface area (Å²) < 4.78 is 5.48. The third-order valence-corrected chi connectivity index (χ3v) is 4.56. The highest BCUT2D eigenvalue weighted by atomic mass is 16.5. The Kier molecular flexibility index (Phi) is 4.25. The van der Waals surface area contributed by atoms with Crippen LogP contribution in [0.5, 0.6) is 0 Å². The summed E-state index contributed by atoms with van der Waals surface area (Å²) in [5.41, 5.74) is 5.08. The van der Waals surface area contributed by atoms with Crippen LogP contribution in [-0.4, -0.2) is 55.2 Å². The summed E-state index contributed by atoms with van der Waals surface area (Å²) in [4.78, 5) is 14.2. The van der Waals surface area contributed by atoms with Gasteiger partial charge in [0.15, 0.2) is 0 Å². The van der Waals surface area contributed by atoms with Crippen molar-refractivity contribution < 1.29 is 9.53 Å². The maximum absolute atomic E-state index is 11.7. The first-order valence-electron chi connectivity index (χ1n) is 6.91. The van der Waals surface area contributed by atoms with Crippen LogP contribution in [0.2, 0.25) is 0 Å². The van der Waals surface area contributed by atoms with E-state index in [0.717, 1.165) is 45.4 Å². The molecule has 104 valence electrons. The van der Waals surface area contributed by atoms with Crippen LogP contribution in [-0.2, 0) is 9.53 Å². The molecule has 1 saturated carbocycles. The fourth-order valence-electron chi connectivity index (χ4n) is 3.39. The van der Waals surface area contributed by atoms with E-state index in [9.17, 15) is 4.79 Å². The van der Waals surface area contributed by atoms with Crippen LogP contribution in [0.4, 0.5) is 0 Å². The molecule has 3 atom stereocenters. The molecule has 0 aromatic carbocycles. The van der Waals surface area contributed by atoms with Crippen molar-refractivity contribution in [3.8, 4) is 0 Å². The second-order valence-electron chi connectivity index (χ2n) is 5.61. The Hall–Kier alpha value is -0.650. The van der Waals surface area contributed by atoms with Crippen LogP contribution in [0, 0.1) is 0 Å². The summed E-state index contributed by atoms with van der Waals surface area (Å²) in [7, 11) is 1.84. The van der Waals surface area contributed by atoms with Gasteiger partial charge in [0, 0.05) is 18.6 Å². The van der Waals surface area contributed by atoms with Crippen molar-refractivity contribution in [2.45, 2.75) is 50.2 Å². The number of ether oxygens (including phenoxy) is 1. The van der Waals surface area contributed by atoms with Crippen molar-refractivity contribution in [1.29, 1.82) is 0 Å². The lowest BCUT2D eigenvalue weighted by atomic mass is 9.77. The van der Waals surface area contributed by atoms with E-state index in [2.05, 4.69) is 17.1 Å². The predicted octanol–water partition coefficient (Wildman–Crippen LogP) is 0.0932. The number of amides is 1. The van der Waals surface area contributed by atoms with E-state index in [1.54, 1.807) is 0 Å². The summed E-state index contributed by atoms with van der Waals surface area (Å²) in [5.74, 6) is -0.212. The molecule has 5 nitrogen and oxygen atoms in total. The normalized spacial score (nSPS) is 38.6. The largest absolute Gasteiger partial charge is 0.379 e. The molecule has 1 amide bonds. The monoisotopic (exact) mass is 255 g/mol. The quantitative estimate of drug-likeness (QED) is 0.750. The van der Waals surface area contributed by atoms with E-state index < -0.39 is 5.54 Å². The second-order valence-corrected chi connectivity index (χ2v) is 5.61. The highest BCUT2D eigenvalue weighted by Gasteiger charge is 2.42. The molecule has 0 bridgehead atoms. The molecule has 3 unspecified atom stereocenters. The minimum absolute atomic E-state index is 0.212. The van der Waals surface area contributed by atoms with E-state index in [1.165, 1.54) is 0 Å². The van der Waals surface area contributed by atoms with Crippen molar-refractivity contribution in [3.05, 3.63) is 0 Å². The Morgan fingerprint density at radius 1 is 1.56 bits per heavy atom. The van der Waals surface area contributed by atoms with Crippen molar-refractivity contribution in [1.82, 2.24) is 10.2 Å². The van der Waals surface area contributed by atoms with E-state index >= 15 is 0 Å². The van der Waals surface area contributed by atoms with E-state index in [4.69, 9.17) is 10.5 Å². The topological polar surface area (TPSA) is 67.6 Å². The van der Waals surface area contributed by atoms with Gasteiger partial charge in [0.2, 0.25) is 5.91 Å². The lowest BCUT2D eigenvalue weighted by Gasteiger charge is -2.46. The third kappa shape index (κ3) is 2.53. The van der Waals surface area contributed by atoms with Crippen molar-refractivity contribution in [2.75, 3.05) is 26.8 Å². The Morgan fingerprint density at radius 3 is 2.94 bits per heavy atom. The number of hydrogen-bond donors (Lipinski definition) is 2. The lowest BCUT2D eigenvalue weighted by molar-refractivity contribution is -0.127. The van der Waals surface area contributed by atoms with Crippen molar-refractivity contribution in [2.24, 2.45) is 5.73 Å². The van der Waals surface area contributed by atoms with Gasteiger partial charge in [-0.1, -0.05) is 0 Å². The standard InChI is InChI=1S/C13H25N3O2/c1-10-9-18-7-6-16(10)11-4-3-5-13(8-11,15-2)12(14)17/h10-11,15H,3-9H2,1-2H3,(H2,14,17). The average Bonchev–Trinajstić information content (AvgIpc) is 2.39. The summed E-state index contributed by atoms with van der Waals surface area (Å²) in [6.45, 7) is 4.74. The maximum Gasteiger partial charge on any atom is 0.237 e. The Balaban J connectivity index is 2.07. The Bertz CT molecular complexity index is 311. The lowest BCUT2D eigenvalue weighted by Crippen LogP contribution is -2.61. The number of nitrogens with one attached hydrogen (secondary N) is 1. The Morgan fingerprint density at radius 2 is 2.33 bits per heavy atom. The van der Waals surface area contributed by atoms with Crippen LogP contribution in [0.1, 0.15) is 32.6 Å². The van der Waals surface area contributed by atoms with E-state index in [-0.39, 0.29) is 5.91 Å². The first kappa shape index (κ1) is 13.8. The molecule has 0 aromatic rings. The maximum atomic E-state index is 11.7. The van der Waals surface area contributed by atoms with Crippen LogP contribution < -0.4 is 11.1 Å². The summed E-state index contributed by atoms with van der Waals surface area (Å²) in [6.07, 6.45) is 3.89. The molecule has 1 heterocycles. The fourth-order valence-corrected chi connectivity index (χ4v) is 3.39. The predicted molar refractivity (Wildman–Crippen MR) is 70.2 cm³/mol. The number of hydrogen-bond acceptors (Lipinski definition) is 4. The van der Waals surface area contributed by atoms with Gasteiger partial charge >= 0.3 is 0 Å². The zero-order valence-electron chi connectivity index (χ0n) is 11.4. The van der Waals surface area contributed by atoms with Crippen molar-refractivity contribution >= 4 is 5.91 Å². The minimum atomic E-state index is -0.513. The number of likely N-dealkylation sites (N-methyl/N-ethyl adjacent to an activating group) is 1. The SMILES string of the molecule is CNC1(C(N)=O)CCCC(N2CCOCC2C)C1. The number of carbonyl (C=O) groups excluding carboxylic acids is 1. The van der Waals surface area contributed by atoms with Crippen molar-refractivity contribution in [3.63, 3.8) is 0 Å². The average molecular weight is 255 g/mol. The van der Waals surface area contributed by atoms with Gasteiger partial charge in [-0.3, -0.25) is 9.69 Å². The van der Waals surface area contributed by atoms with Gasteiger partial charge in [-0.05, 0) is 39.7 Å². The van der Waals surface area contributed by atoms with E-state index in [0.29, 0.717) is 12.1 Å². The van der Waals surface area contributed by atoms with Gasteiger partial charge in [-0.15, -0.1) is 0 Å².